The highest BCUT2D eigenvalue weighted by molar-refractivity contribution is 7.80. The van der Waals surface area contributed by atoms with E-state index in [2.05, 4.69) is 35.5 Å². The van der Waals surface area contributed by atoms with Gasteiger partial charge in [0.15, 0.2) is 6.29 Å². The molecule has 0 saturated carbocycles. The first-order chi connectivity index (χ1) is 34.9. The fraction of sp³-hybridized carbons (Fsp3) is 0.914. The molecule has 1 heterocycles. The van der Waals surface area contributed by atoms with Crippen molar-refractivity contribution in [3.05, 3.63) is 24.3 Å². The molecular formula is C58H111NO12S. The van der Waals surface area contributed by atoms with Crippen LogP contribution < -0.4 is 5.32 Å². The number of aliphatic hydroxyl groups is 5. The Bertz CT molecular complexity index is 1380. The molecule has 1 rings (SSSR count). The maximum absolute atomic E-state index is 13.2. The SMILES string of the molecule is CCCCCCCCCCCCCCCCC/C=C/CC/C=C/C(O)C(COC1OC(CO)C(O)C(OS(=O)(=O)O)C1O)NC(=O)C(O)CCCCCCCCCCCCCCCCCCCCCCCC. The van der Waals surface area contributed by atoms with Gasteiger partial charge in [0, 0.05) is 0 Å². The number of allylic oxidation sites excluding steroid dienone is 3. The van der Waals surface area contributed by atoms with Gasteiger partial charge in [-0.05, 0) is 32.1 Å². The molecule has 1 saturated heterocycles. The van der Waals surface area contributed by atoms with Crippen molar-refractivity contribution >= 4 is 16.3 Å². The van der Waals surface area contributed by atoms with E-state index in [1.54, 1.807) is 6.08 Å². The first-order valence-electron chi connectivity index (χ1n) is 29.8. The quantitative estimate of drug-likeness (QED) is 0.0172. The predicted octanol–water partition coefficient (Wildman–Crippen LogP) is 13.0. The molecule has 1 amide bonds. The Morgan fingerprint density at radius 1 is 0.556 bits per heavy atom. The van der Waals surface area contributed by atoms with Crippen LogP contribution in [0.5, 0.6) is 0 Å². The van der Waals surface area contributed by atoms with Gasteiger partial charge in [0.1, 0.15) is 30.5 Å². The second kappa shape index (κ2) is 48.0. The van der Waals surface area contributed by atoms with E-state index in [4.69, 9.17) is 9.47 Å². The molecule has 1 aliphatic heterocycles. The third-order valence-corrected chi connectivity index (χ3v) is 14.8. The number of unbranched alkanes of at least 4 members (excludes halogenated alkanes) is 37. The Hall–Kier alpha value is -1.46. The fourth-order valence-electron chi connectivity index (χ4n) is 9.66. The van der Waals surface area contributed by atoms with Crippen molar-refractivity contribution in [2.45, 2.75) is 326 Å². The summed E-state index contributed by atoms with van der Waals surface area (Å²) in [5.74, 6) is -0.706. The van der Waals surface area contributed by atoms with Crippen LogP contribution in [-0.2, 0) is 28.9 Å². The number of rotatable bonds is 52. The highest BCUT2D eigenvalue weighted by atomic mass is 32.3. The summed E-state index contributed by atoms with van der Waals surface area (Å²) in [7, 11) is -5.13. The summed E-state index contributed by atoms with van der Waals surface area (Å²) >= 11 is 0. The molecule has 1 fully saturated rings. The lowest BCUT2D eigenvalue weighted by molar-refractivity contribution is -0.298. The summed E-state index contributed by atoms with van der Waals surface area (Å²) in [4.78, 5) is 13.2. The lowest BCUT2D eigenvalue weighted by atomic mass is 9.99. The number of hydrogen-bond acceptors (Lipinski definition) is 11. The van der Waals surface area contributed by atoms with Crippen molar-refractivity contribution in [1.29, 1.82) is 0 Å². The average Bonchev–Trinajstić information content (AvgIpc) is 3.36. The molecule has 0 aromatic heterocycles. The summed E-state index contributed by atoms with van der Waals surface area (Å²) in [6.07, 6.45) is 46.9. The summed E-state index contributed by atoms with van der Waals surface area (Å²) in [6.45, 7) is 3.26. The summed E-state index contributed by atoms with van der Waals surface area (Å²) in [5.41, 5.74) is 0. The van der Waals surface area contributed by atoms with E-state index >= 15 is 0 Å². The van der Waals surface area contributed by atoms with Crippen molar-refractivity contribution in [2.75, 3.05) is 13.2 Å². The minimum absolute atomic E-state index is 0.241. The predicted molar refractivity (Wildman–Crippen MR) is 293 cm³/mol. The molecule has 8 atom stereocenters. The lowest BCUT2D eigenvalue weighted by Crippen LogP contribution is -2.61. The van der Waals surface area contributed by atoms with Gasteiger partial charge in [-0.1, -0.05) is 269 Å². The Morgan fingerprint density at radius 2 is 0.931 bits per heavy atom. The Labute approximate surface area is 440 Å². The molecule has 0 aromatic carbocycles. The van der Waals surface area contributed by atoms with Crippen LogP contribution in [0.2, 0.25) is 0 Å². The van der Waals surface area contributed by atoms with Crippen LogP contribution in [-0.4, -0.2) is 107 Å². The highest BCUT2D eigenvalue weighted by Crippen LogP contribution is 2.26. The Morgan fingerprint density at radius 3 is 1.33 bits per heavy atom. The highest BCUT2D eigenvalue weighted by Gasteiger charge is 2.48. The molecule has 0 spiro atoms. The molecule has 0 bridgehead atoms. The van der Waals surface area contributed by atoms with Crippen molar-refractivity contribution < 1.29 is 57.0 Å². The van der Waals surface area contributed by atoms with Gasteiger partial charge in [-0.3, -0.25) is 9.35 Å². The number of aliphatic hydroxyl groups excluding tert-OH is 5. The molecule has 13 nitrogen and oxygen atoms in total. The zero-order valence-electron chi connectivity index (χ0n) is 45.9. The second-order valence-electron chi connectivity index (χ2n) is 21.1. The maximum Gasteiger partial charge on any atom is 0.397 e. The van der Waals surface area contributed by atoms with E-state index < -0.39 is 78.5 Å². The lowest BCUT2D eigenvalue weighted by Gasteiger charge is -2.41. The number of carbonyl (C=O) groups is 1. The van der Waals surface area contributed by atoms with Gasteiger partial charge in [-0.15, -0.1) is 0 Å². The first kappa shape index (κ1) is 68.6. The van der Waals surface area contributed by atoms with Crippen LogP contribution in [0.3, 0.4) is 0 Å². The third-order valence-electron chi connectivity index (χ3n) is 14.3. The van der Waals surface area contributed by atoms with E-state index in [1.807, 2.05) is 0 Å². The van der Waals surface area contributed by atoms with Crippen molar-refractivity contribution in [3.63, 3.8) is 0 Å². The van der Waals surface area contributed by atoms with E-state index in [-0.39, 0.29) is 6.42 Å². The largest absolute Gasteiger partial charge is 0.397 e. The minimum atomic E-state index is -5.13. The van der Waals surface area contributed by atoms with E-state index in [1.165, 1.54) is 212 Å². The van der Waals surface area contributed by atoms with Gasteiger partial charge in [0.25, 0.3) is 0 Å². The minimum Gasteiger partial charge on any atom is -0.394 e. The zero-order valence-corrected chi connectivity index (χ0v) is 46.7. The van der Waals surface area contributed by atoms with Crippen molar-refractivity contribution in [2.24, 2.45) is 0 Å². The molecule has 1 aliphatic rings. The van der Waals surface area contributed by atoms with Crippen LogP contribution in [0.25, 0.3) is 0 Å². The topological polar surface area (TPSA) is 212 Å². The molecule has 14 heteroatoms. The molecule has 0 aliphatic carbocycles. The number of nitrogens with one attached hydrogen (secondary N) is 1. The molecular weight excluding hydrogens is 935 g/mol. The zero-order chi connectivity index (χ0) is 52.8. The van der Waals surface area contributed by atoms with Crippen molar-refractivity contribution in [1.82, 2.24) is 5.32 Å². The summed E-state index contributed by atoms with van der Waals surface area (Å²) < 4.78 is 47.8. The van der Waals surface area contributed by atoms with E-state index in [0.29, 0.717) is 12.8 Å². The fourth-order valence-corrected chi connectivity index (χ4v) is 10.2. The first-order valence-corrected chi connectivity index (χ1v) is 31.2. The number of ether oxygens (including phenoxy) is 2. The smallest absolute Gasteiger partial charge is 0.394 e. The van der Waals surface area contributed by atoms with Gasteiger partial charge in [-0.2, -0.15) is 8.42 Å². The van der Waals surface area contributed by atoms with Crippen LogP contribution >= 0.6 is 0 Å². The van der Waals surface area contributed by atoms with Gasteiger partial charge >= 0.3 is 10.4 Å². The van der Waals surface area contributed by atoms with Crippen LogP contribution in [0.1, 0.15) is 277 Å². The van der Waals surface area contributed by atoms with Crippen LogP contribution in [0.4, 0.5) is 0 Å². The monoisotopic (exact) mass is 1050 g/mol. The molecule has 0 aromatic rings. The second-order valence-corrected chi connectivity index (χ2v) is 22.1. The molecule has 426 valence electrons. The van der Waals surface area contributed by atoms with E-state index in [9.17, 15) is 43.3 Å². The van der Waals surface area contributed by atoms with E-state index in [0.717, 1.165) is 38.5 Å². The van der Waals surface area contributed by atoms with Gasteiger partial charge < -0.3 is 40.3 Å². The average molecular weight is 1050 g/mol. The molecule has 7 N–H and O–H groups in total. The molecule has 0 radical (unpaired) electrons. The van der Waals surface area contributed by atoms with Crippen molar-refractivity contribution in [3.8, 4) is 0 Å². The van der Waals surface area contributed by atoms with Crippen LogP contribution in [0, 0.1) is 0 Å². The van der Waals surface area contributed by atoms with Gasteiger partial charge in [-0.25, -0.2) is 4.18 Å². The maximum atomic E-state index is 13.2. The molecule has 72 heavy (non-hydrogen) atoms. The number of hydrogen-bond donors (Lipinski definition) is 7. The normalized spacial score (nSPS) is 19.9. The molecule has 8 unspecified atom stereocenters. The van der Waals surface area contributed by atoms with Gasteiger partial charge in [0.05, 0.1) is 25.4 Å². The standard InChI is InChI=1S/C58H111NO12S/c1-3-5-7-9-11-13-15-17-19-21-23-25-27-29-31-33-35-37-39-41-43-45-47-52(62)57(65)59-50(49-69-58-55(64)56(71-72(66,67)68)54(63)53(48-60)70-58)51(61)46-44-42-40-38-36-34-32-30-28-26-24-22-20-18-16-14-12-10-8-6-4-2/h36,38,44,46,50-56,58,60-64H,3-35,37,39-43,45,47-49H2,1-2H3,(H,59,65)(H,66,67,68)/b38-36+,46-44+. The Balaban J connectivity index is 2.43. The summed E-state index contributed by atoms with van der Waals surface area (Å²) in [6, 6.07) is -1.13. The Kier molecular flexibility index (Phi) is 45.7. The van der Waals surface area contributed by atoms with Gasteiger partial charge in [0.2, 0.25) is 5.91 Å². The van der Waals surface area contributed by atoms with Crippen LogP contribution in [0.15, 0.2) is 24.3 Å². The number of amides is 1. The number of carbonyl (C=O) groups excluding carboxylic acids is 1. The summed E-state index contributed by atoms with van der Waals surface area (Å²) in [5, 5.41) is 55.6. The third kappa shape index (κ3) is 39.0.